The Bertz CT molecular complexity index is 514. The minimum absolute atomic E-state index is 0.118. The van der Waals surface area contributed by atoms with E-state index in [0.29, 0.717) is 12.1 Å². The van der Waals surface area contributed by atoms with Gasteiger partial charge in [-0.25, -0.2) is 0 Å². The van der Waals surface area contributed by atoms with Crippen LogP contribution in [0.4, 0.5) is 0 Å². The molecule has 0 saturated carbocycles. The summed E-state index contributed by atoms with van der Waals surface area (Å²) in [5.74, 6) is -0.118. The molecule has 1 amide bonds. The molecule has 1 aliphatic rings. The van der Waals surface area contributed by atoms with Gasteiger partial charge in [0.2, 0.25) is 0 Å². The average molecular weight is 243 g/mol. The standard InChI is InChI=1S/C14H17N3O/c1-14(2,8-15)9-17-13(18)10-3-4-11-6-16-7-12(11)5-10/h3-5,16H,6-7,9H2,1-2H3,(H,17,18). The van der Waals surface area contributed by atoms with Gasteiger partial charge in [-0.2, -0.15) is 5.26 Å². The Morgan fingerprint density at radius 2 is 2.17 bits per heavy atom. The van der Waals surface area contributed by atoms with Gasteiger partial charge in [0, 0.05) is 25.2 Å². The van der Waals surface area contributed by atoms with Crippen molar-refractivity contribution >= 4 is 5.91 Å². The molecule has 4 nitrogen and oxygen atoms in total. The van der Waals surface area contributed by atoms with Gasteiger partial charge in [-0.15, -0.1) is 0 Å². The number of amides is 1. The Kier molecular flexibility index (Phi) is 3.35. The van der Waals surface area contributed by atoms with Gasteiger partial charge in [0.15, 0.2) is 0 Å². The van der Waals surface area contributed by atoms with Crippen molar-refractivity contribution in [2.24, 2.45) is 5.41 Å². The molecule has 0 spiro atoms. The number of rotatable bonds is 3. The second-order valence-corrected chi connectivity index (χ2v) is 5.27. The van der Waals surface area contributed by atoms with Gasteiger partial charge in [0.05, 0.1) is 11.5 Å². The lowest BCUT2D eigenvalue weighted by molar-refractivity contribution is 0.0943. The minimum atomic E-state index is -0.534. The second-order valence-electron chi connectivity index (χ2n) is 5.27. The zero-order valence-electron chi connectivity index (χ0n) is 10.7. The number of fused-ring (bicyclic) bond motifs is 1. The molecule has 1 heterocycles. The van der Waals surface area contributed by atoms with E-state index in [4.69, 9.17) is 5.26 Å². The van der Waals surface area contributed by atoms with E-state index in [0.717, 1.165) is 13.1 Å². The summed E-state index contributed by atoms with van der Waals surface area (Å²) >= 11 is 0. The number of hydrogen-bond acceptors (Lipinski definition) is 3. The first-order valence-corrected chi connectivity index (χ1v) is 6.04. The van der Waals surface area contributed by atoms with Crippen molar-refractivity contribution in [1.29, 1.82) is 5.26 Å². The molecule has 0 radical (unpaired) electrons. The molecule has 18 heavy (non-hydrogen) atoms. The third-order valence-electron chi connectivity index (χ3n) is 3.09. The number of carbonyl (C=O) groups excluding carboxylic acids is 1. The van der Waals surface area contributed by atoms with Gasteiger partial charge < -0.3 is 10.6 Å². The normalized spacial score (nSPS) is 13.8. The van der Waals surface area contributed by atoms with E-state index >= 15 is 0 Å². The van der Waals surface area contributed by atoms with Crippen LogP contribution >= 0.6 is 0 Å². The van der Waals surface area contributed by atoms with Crippen molar-refractivity contribution in [3.8, 4) is 6.07 Å². The molecule has 2 N–H and O–H groups in total. The molecule has 0 bridgehead atoms. The van der Waals surface area contributed by atoms with Crippen LogP contribution in [0.3, 0.4) is 0 Å². The van der Waals surface area contributed by atoms with Gasteiger partial charge >= 0.3 is 0 Å². The van der Waals surface area contributed by atoms with Gasteiger partial charge in [0.25, 0.3) is 5.91 Å². The monoisotopic (exact) mass is 243 g/mol. The summed E-state index contributed by atoms with van der Waals surface area (Å²) in [6.45, 7) is 5.66. The third-order valence-corrected chi connectivity index (χ3v) is 3.09. The average Bonchev–Trinajstić information content (AvgIpc) is 2.83. The molecule has 1 aromatic rings. The maximum Gasteiger partial charge on any atom is 0.251 e. The Balaban J connectivity index is 2.04. The molecule has 94 valence electrons. The van der Waals surface area contributed by atoms with Gasteiger partial charge in [-0.1, -0.05) is 6.07 Å². The lowest BCUT2D eigenvalue weighted by atomic mass is 9.96. The Hall–Kier alpha value is -1.86. The zero-order valence-corrected chi connectivity index (χ0v) is 10.7. The molecule has 0 fully saturated rings. The molecule has 2 rings (SSSR count). The lowest BCUT2D eigenvalue weighted by Crippen LogP contribution is -2.33. The molecule has 0 aromatic heterocycles. The molecular weight excluding hydrogens is 226 g/mol. The largest absolute Gasteiger partial charge is 0.350 e. The number of carbonyl (C=O) groups is 1. The van der Waals surface area contributed by atoms with Crippen LogP contribution in [0, 0.1) is 16.7 Å². The molecule has 0 aliphatic carbocycles. The lowest BCUT2D eigenvalue weighted by Gasteiger charge is -2.16. The van der Waals surface area contributed by atoms with E-state index in [-0.39, 0.29) is 5.91 Å². The number of hydrogen-bond donors (Lipinski definition) is 2. The molecule has 0 unspecified atom stereocenters. The third kappa shape index (κ3) is 2.69. The van der Waals surface area contributed by atoms with Crippen molar-refractivity contribution in [2.75, 3.05) is 6.54 Å². The highest BCUT2D eigenvalue weighted by Gasteiger charge is 2.19. The van der Waals surface area contributed by atoms with Gasteiger partial charge in [0.1, 0.15) is 0 Å². The van der Waals surface area contributed by atoms with Crippen molar-refractivity contribution < 1.29 is 4.79 Å². The predicted molar refractivity (Wildman–Crippen MR) is 68.7 cm³/mol. The molecule has 1 aliphatic heterocycles. The van der Waals surface area contributed by atoms with E-state index in [1.54, 1.807) is 13.8 Å². The minimum Gasteiger partial charge on any atom is -0.350 e. The van der Waals surface area contributed by atoms with E-state index in [2.05, 4.69) is 16.7 Å². The van der Waals surface area contributed by atoms with Crippen LogP contribution in [0.15, 0.2) is 18.2 Å². The molecule has 1 aromatic carbocycles. The highest BCUT2D eigenvalue weighted by Crippen LogP contribution is 2.17. The first-order valence-electron chi connectivity index (χ1n) is 6.04. The summed E-state index contributed by atoms with van der Waals surface area (Å²) in [4.78, 5) is 12.0. The molecular formula is C14H17N3O. The number of nitriles is 1. The van der Waals surface area contributed by atoms with Crippen LogP contribution < -0.4 is 10.6 Å². The second kappa shape index (κ2) is 4.79. The fourth-order valence-electron chi connectivity index (χ4n) is 1.88. The topological polar surface area (TPSA) is 64.9 Å². The van der Waals surface area contributed by atoms with E-state index in [1.807, 2.05) is 18.2 Å². The maximum atomic E-state index is 12.0. The van der Waals surface area contributed by atoms with Crippen LogP contribution in [-0.2, 0) is 13.1 Å². The smallest absolute Gasteiger partial charge is 0.251 e. The summed E-state index contributed by atoms with van der Waals surface area (Å²) in [5.41, 5.74) is 2.56. The fraction of sp³-hybridized carbons (Fsp3) is 0.429. The van der Waals surface area contributed by atoms with Gasteiger partial charge in [-0.3, -0.25) is 4.79 Å². The molecule has 0 saturated heterocycles. The Morgan fingerprint density at radius 1 is 1.44 bits per heavy atom. The zero-order chi connectivity index (χ0) is 13.2. The number of nitrogens with zero attached hydrogens (tertiary/aromatic N) is 1. The molecule has 0 atom stereocenters. The first-order chi connectivity index (χ1) is 8.52. The Labute approximate surface area is 107 Å². The van der Waals surface area contributed by atoms with E-state index in [9.17, 15) is 4.79 Å². The highest BCUT2D eigenvalue weighted by molar-refractivity contribution is 5.94. The van der Waals surface area contributed by atoms with E-state index < -0.39 is 5.41 Å². The van der Waals surface area contributed by atoms with Crippen molar-refractivity contribution in [3.63, 3.8) is 0 Å². The predicted octanol–water partition coefficient (Wildman–Crippen LogP) is 1.57. The summed E-state index contributed by atoms with van der Waals surface area (Å²) in [6, 6.07) is 7.91. The molecule has 4 heteroatoms. The summed E-state index contributed by atoms with van der Waals surface area (Å²) < 4.78 is 0. The van der Waals surface area contributed by atoms with Crippen LogP contribution in [0.5, 0.6) is 0 Å². The Morgan fingerprint density at radius 3 is 2.89 bits per heavy atom. The number of benzene rings is 1. The van der Waals surface area contributed by atoms with Crippen molar-refractivity contribution in [2.45, 2.75) is 26.9 Å². The summed E-state index contributed by atoms with van der Waals surface area (Å²) in [7, 11) is 0. The van der Waals surface area contributed by atoms with E-state index in [1.165, 1.54) is 11.1 Å². The van der Waals surface area contributed by atoms with Crippen LogP contribution in [0.2, 0.25) is 0 Å². The summed E-state index contributed by atoms with van der Waals surface area (Å²) in [5, 5.41) is 14.9. The van der Waals surface area contributed by atoms with Gasteiger partial charge in [-0.05, 0) is 37.1 Å². The highest BCUT2D eigenvalue weighted by atomic mass is 16.1. The quantitative estimate of drug-likeness (QED) is 0.847. The number of nitrogens with one attached hydrogen (secondary N) is 2. The van der Waals surface area contributed by atoms with Crippen LogP contribution in [0.25, 0.3) is 0 Å². The summed E-state index contributed by atoms with van der Waals surface area (Å²) in [6.07, 6.45) is 0. The van der Waals surface area contributed by atoms with Crippen LogP contribution in [0.1, 0.15) is 35.3 Å². The first kappa shape index (κ1) is 12.6. The van der Waals surface area contributed by atoms with Crippen LogP contribution in [-0.4, -0.2) is 12.5 Å². The fourth-order valence-corrected chi connectivity index (χ4v) is 1.88. The maximum absolute atomic E-state index is 12.0. The SMILES string of the molecule is CC(C)(C#N)CNC(=O)c1ccc2c(c1)CNC2. The van der Waals surface area contributed by atoms with Crippen molar-refractivity contribution in [3.05, 3.63) is 34.9 Å². The van der Waals surface area contributed by atoms with Crippen molar-refractivity contribution in [1.82, 2.24) is 10.6 Å².